The molecule has 0 aliphatic carbocycles. The number of aromatic nitrogens is 1. The van der Waals surface area contributed by atoms with Gasteiger partial charge < -0.3 is 14.4 Å². The zero-order valence-electron chi connectivity index (χ0n) is 22.2. The summed E-state index contributed by atoms with van der Waals surface area (Å²) in [5.41, 5.74) is 2.86. The number of rotatable bonds is 5. The summed E-state index contributed by atoms with van der Waals surface area (Å²) in [6.45, 7) is 7.52. The van der Waals surface area contributed by atoms with Gasteiger partial charge in [0.1, 0.15) is 4.53 Å². The van der Waals surface area contributed by atoms with Crippen molar-refractivity contribution in [2.75, 3.05) is 18.6 Å². The van der Waals surface area contributed by atoms with E-state index in [1.165, 1.54) is 11.7 Å². The number of anilines is 1. The van der Waals surface area contributed by atoms with E-state index in [1.54, 1.807) is 49.9 Å². The SMILES string of the molecule is CCN1C(=O)C(=c2sc3n(c2=O)C(c2ccc(C(=O)OC)cc2)C(C(=O)OC(C)C)=C(C)N=3)c2ccccc21. The second-order valence-electron chi connectivity index (χ2n) is 9.41. The molecule has 0 spiro atoms. The topological polar surface area (TPSA) is 107 Å². The summed E-state index contributed by atoms with van der Waals surface area (Å²) in [4.78, 5) is 59.6. The van der Waals surface area contributed by atoms with E-state index in [1.807, 2.05) is 31.2 Å². The highest BCUT2D eigenvalue weighted by atomic mass is 32.1. The van der Waals surface area contributed by atoms with Gasteiger partial charge in [0.05, 0.1) is 47.3 Å². The lowest BCUT2D eigenvalue weighted by Gasteiger charge is -2.25. The van der Waals surface area contributed by atoms with Gasteiger partial charge in [-0.3, -0.25) is 14.2 Å². The Bertz CT molecular complexity index is 1730. The van der Waals surface area contributed by atoms with Gasteiger partial charge in [0, 0.05) is 12.1 Å². The number of methoxy groups -OCH3 is 1. The molecule has 1 amide bonds. The van der Waals surface area contributed by atoms with Crippen LogP contribution in [0.5, 0.6) is 0 Å². The summed E-state index contributed by atoms with van der Waals surface area (Å²) >= 11 is 1.12. The predicted molar refractivity (Wildman–Crippen MR) is 146 cm³/mol. The molecule has 10 heteroatoms. The lowest BCUT2D eigenvalue weighted by atomic mass is 9.95. The predicted octanol–water partition coefficient (Wildman–Crippen LogP) is 2.71. The lowest BCUT2D eigenvalue weighted by Crippen LogP contribution is -2.41. The van der Waals surface area contributed by atoms with Crippen molar-refractivity contribution in [3.8, 4) is 0 Å². The third-order valence-corrected chi connectivity index (χ3v) is 7.73. The van der Waals surface area contributed by atoms with E-state index in [0.29, 0.717) is 39.3 Å². The van der Waals surface area contributed by atoms with E-state index in [0.717, 1.165) is 17.0 Å². The number of thiazole rings is 1. The Morgan fingerprint density at radius 1 is 1.05 bits per heavy atom. The van der Waals surface area contributed by atoms with Crippen LogP contribution in [-0.2, 0) is 19.1 Å². The monoisotopic (exact) mass is 545 g/mol. The largest absolute Gasteiger partial charge is 0.465 e. The van der Waals surface area contributed by atoms with Crippen LogP contribution in [0.4, 0.5) is 5.69 Å². The minimum atomic E-state index is -0.873. The molecule has 0 N–H and O–H groups in total. The van der Waals surface area contributed by atoms with Gasteiger partial charge in [0.15, 0.2) is 4.80 Å². The van der Waals surface area contributed by atoms with Gasteiger partial charge in [0.2, 0.25) is 0 Å². The molecule has 200 valence electrons. The van der Waals surface area contributed by atoms with E-state index in [2.05, 4.69) is 4.99 Å². The van der Waals surface area contributed by atoms with Crippen LogP contribution in [0.2, 0.25) is 0 Å². The van der Waals surface area contributed by atoms with Crippen molar-refractivity contribution < 1.29 is 23.9 Å². The molecule has 5 rings (SSSR count). The molecule has 0 radical (unpaired) electrons. The van der Waals surface area contributed by atoms with Gasteiger partial charge in [-0.15, -0.1) is 0 Å². The number of ether oxygens (including phenoxy) is 2. The summed E-state index contributed by atoms with van der Waals surface area (Å²) in [7, 11) is 1.30. The van der Waals surface area contributed by atoms with Crippen molar-refractivity contribution in [2.24, 2.45) is 4.99 Å². The van der Waals surface area contributed by atoms with Crippen LogP contribution in [0.1, 0.15) is 55.2 Å². The maximum atomic E-state index is 14.1. The number of amides is 1. The fourth-order valence-corrected chi connectivity index (χ4v) is 6.10. The Morgan fingerprint density at radius 3 is 2.38 bits per heavy atom. The molecule has 1 atom stereocenters. The minimum Gasteiger partial charge on any atom is -0.465 e. The number of fused-ring (bicyclic) bond motifs is 2. The van der Waals surface area contributed by atoms with Crippen molar-refractivity contribution >= 4 is 40.4 Å². The first-order chi connectivity index (χ1) is 18.7. The number of carbonyl (C=O) groups excluding carboxylic acids is 3. The molecular formula is C29H27N3O6S. The van der Waals surface area contributed by atoms with Gasteiger partial charge in [-0.1, -0.05) is 41.7 Å². The molecule has 0 saturated carbocycles. The van der Waals surface area contributed by atoms with Crippen LogP contribution >= 0.6 is 11.3 Å². The van der Waals surface area contributed by atoms with Crippen molar-refractivity contribution in [3.05, 3.63) is 96.2 Å². The molecule has 39 heavy (non-hydrogen) atoms. The Balaban J connectivity index is 1.78. The number of carbonyl (C=O) groups is 3. The van der Waals surface area contributed by atoms with Gasteiger partial charge in [-0.2, -0.15) is 0 Å². The lowest BCUT2D eigenvalue weighted by molar-refractivity contribution is -0.143. The zero-order chi connectivity index (χ0) is 28.0. The number of esters is 2. The number of nitrogens with zero attached hydrogens (tertiary/aromatic N) is 3. The maximum absolute atomic E-state index is 14.1. The average molecular weight is 546 g/mol. The first-order valence-electron chi connectivity index (χ1n) is 12.5. The quantitative estimate of drug-likeness (QED) is 0.457. The molecule has 2 aliphatic heterocycles. The molecule has 1 unspecified atom stereocenters. The molecule has 2 aliphatic rings. The summed E-state index contributed by atoms with van der Waals surface area (Å²) in [5.74, 6) is -1.35. The Labute approximate surface area is 228 Å². The molecule has 2 aromatic carbocycles. The molecule has 0 bridgehead atoms. The highest BCUT2D eigenvalue weighted by molar-refractivity contribution is 7.07. The second-order valence-corrected chi connectivity index (χ2v) is 10.4. The average Bonchev–Trinajstić information content (AvgIpc) is 3.38. The van der Waals surface area contributed by atoms with Crippen LogP contribution in [-0.4, -0.2) is 42.2 Å². The third kappa shape index (κ3) is 4.30. The van der Waals surface area contributed by atoms with E-state index in [-0.39, 0.29) is 22.1 Å². The number of benzene rings is 2. The maximum Gasteiger partial charge on any atom is 0.338 e. The summed E-state index contributed by atoms with van der Waals surface area (Å²) < 4.78 is 12.0. The fraction of sp³-hybridized carbons (Fsp3) is 0.276. The molecule has 3 aromatic rings. The van der Waals surface area contributed by atoms with Gasteiger partial charge in [-0.25, -0.2) is 14.6 Å². The fourth-order valence-electron chi connectivity index (χ4n) is 4.96. The Morgan fingerprint density at radius 2 is 1.74 bits per heavy atom. The molecular weight excluding hydrogens is 518 g/mol. The van der Waals surface area contributed by atoms with E-state index in [4.69, 9.17) is 9.47 Å². The van der Waals surface area contributed by atoms with Gasteiger partial charge >= 0.3 is 11.9 Å². The molecule has 0 saturated heterocycles. The van der Waals surface area contributed by atoms with Crippen LogP contribution in [0.15, 0.2) is 69.6 Å². The Kier molecular flexibility index (Phi) is 6.82. The van der Waals surface area contributed by atoms with Crippen LogP contribution in [0.25, 0.3) is 5.57 Å². The zero-order valence-corrected chi connectivity index (χ0v) is 23.0. The van der Waals surface area contributed by atoms with E-state index < -0.39 is 23.5 Å². The highest BCUT2D eigenvalue weighted by Gasteiger charge is 2.37. The molecule has 9 nitrogen and oxygen atoms in total. The molecule has 1 aromatic heterocycles. The normalized spacial score (nSPS) is 17.6. The van der Waals surface area contributed by atoms with Crippen molar-refractivity contribution in [1.82, 2.24) is 4.57 Å². The standard InChI is InChI=1S/C29H27N3O6S/c1-6-31-20-10-8-7-9-19(20)22(25(31)33)24-26(34)32-23(17-11-13-18(14-12-17)27(35)37-5)21(28(36)38-15(2)3)16(4)30-29(32)39-24/h7-15,23H,6H2,1-5H3. The van der Waals surface area contributed by atoms with Crippen molar-refractivity contribution in [2.45, 2.75) is 39.8 Å². The van der Waals surface area contributed by atoms with E-state index in [9.17, 15) is 19.2 Å². The number of hydrogen-bond acceptors (Lipinski definition) is 8. The highest BCUT2D eigenvalue weighted by Crippen LogP contribution is 2.35. The third-order valence-electron chi connectivity index (χ3n) is 6.67. The van der Waals surface area contributed by atoms with Gasteiger partial charge in [0.25, 0.3) is 11.5 Å². The van der Waals surface area contributed by atoms with Gasteiger partial charge in [-0.05, 0) is 51.5 Å². The summed E-state index contributed by atoms with van der Waals surface area (Å²) in [6.07, 6.45) is -0.389. The summed E-state index contributed by atoms with van der Waals surface area (Å²) in [5, 5.41) is 0. The molecule has 3 heterocycles. The minimum absolute atomic E-state index is 0.215. The number of hydrogen-bond donors (Lipinski definition) is 0. The number of allylic oxidation sites excluding steroid dienone is 1. The van der Waals surface area contributed by atoms with Crippen LogP contribution in [0.3, 0.4) is 0 Å². The first-order valence-corrected chi connectivity index (χ1v) is 13.3. The van der Waals surface area contributed by atoms with E-state index >= 15 is 0 Å². The summed E-state index contributed by atoms with van der Waals surface area (Å²) in [6, 6.07) is 13.0. The van der Waals surface area contributed by atoms with Crippen LogP contribution < -0.4 is 19.8 Å². The number of likely N-dealkylation sites (N-methyl/N-ethyl adjacent to an activating group) is 1. The van der Waals surface area contributed by atoms with Crippen LogP contribution in [0, 0.1) is 0 Å². The van der Waals surface area contributed by atoms with Crippen molar-refractivity contribution in [1.29, 1.82) is 0 Å². The smallest absolute Gasteiger partial charge is 0.338 e. The second kappa shape index (κ2) is 10.1. The molecule has 0 fully saturated rings. The van der Waals surface area contributed by atoms with Crippen molar-refractivity contribution in [3.63, 3.8) is 0 Å². The first kappa shape index (κ1) is 26.3. The number of para-hydroxylation sites is 1. The Hall–Kier alpha value is -4.31.